The van der Waals surface area contributed by atoms with Crippen molar-refractivity contribution in [3.8, 4) is 0 Å². The number of hydrogen-bond donors (Lipinski definition) is 0. The molecule has 7 nitrogen and oxygen atoms in total. The maximum Gasteiger partial charge on any atom is 0.203 e. The lowest BCUT2D eigenvalue weighted by Gasteiger charge is -2.22. The van der Waals surface area contributed by atoms with E-state index in [0.29, 0.717) is 19.8 Å². The van der Waals surface area contributed by atoms with Gasteiger partial charge in [-0.15, -0.1) is 10.2 Å². The summed E-state index contributed by atoms with van der Waals surface area (Å²) in [6, 6.07) is 0. The fourth-order valence-corrected chi connectivity index (χ4v) is 2.64. The van der Waals surface area contributed by atoms with Gasteiger partial charge in [0.05, 0.1) is 19.8 Å². The van der Waals surface area contributed by atoms with Gasteiger partial charge in [0, 0.05) is 25.4 Å². The summed E-state index contributed by atoms with van der Waals surface area (Å²) in [5.41, 5.74) is 0.771. The van der Waals surface area contributed by atoms with Crippen LogP contribution in [0, 0.1) is 0 Å². The Morgan fingerprint density at radius 3 is 3.06 bits per heavy atom. The van der Waals surface area contributed by atoms with E-state index in [0.717, 1.165) is 24.4 Å². The van der Waals surface area contributed by atoms with Crippen LogP contribution in [0.5, 0.6) is 0 Å². The van der Waals surface area contributed by atoms with Gasteiger partial charge in [-0.3, -0.25) is 4.40 Å². The van der Waals surface area contributed by atoms with Gasteiger partial charge >= 0.3 is 0 Å². The van der Waals surface area contributed by atoms with Gasteiger partial charge in [-0.05, 0) is 0 Å². The van der Waals surface area contributed by atoms with Crippen molar-refractivity contribution in [1.29, 1.82) is 0 Å². The van der Waals surface area contributed by atoms with Crippen molar-refractivity contribution in [2.75, 3.05) is 31.2 Å². The van der Waals surface area contributed by atoms with Gasteiger partial charge in [0.25, 0.3) is 0 Å². The molecule has 7 heteroatoms. The zero-order chi connectivity index (χ0) is 12.0. The molecular weight excluding hydrogens is 234 g/mol. The third kappa shape index (κ3) is 1.41. The first-order chi connectivity index (χ1) is 8.86. The zero-order valence-corrected chi connectivity index (χ0v) is 9.82. The Labute approximate surface area is 103 Å². The van der Waals surface area contributed by atoms with Gasteiger partial charge in [-0.1, -0.05) is 0 Å². The molecule has 0 atom stereocenters. The number of hydrogen-bond acceptors (Lipinski definition) is 6. The van der Waals surface area contributed by atoms with Gasteiger partial charge in [0.15, 0.2) is 11.6 Å². The molecule has 4 rings (SSSR count). The summed E-state index contributed by atoms with van der Waals surface area (Å²) in [5, 5.41) is 8.01. The first kappa shape index (κ1) is 10.2. The molecule has 0 amide bonds. The monoisotopic (exact) mass is 247 g/mol. The van der Waals surface area contributed by atoms with Crippen LogP contribution < -0.4 is 4.90 Å². The molecule has 0 unspecified atom stereocenters. The van der Waals surface area contributed by atoms with Crippen molar-refractivity contribution < 1.29 is 9.47 Å². The highest BCUT2D eigenvalue weighted by atomic mass is 16.7. The van der Waals surface area contributed by atoms with Crippen LogP contribution in [-0.2, 0) is 9.47 Å². The average Bonchev–Trinajstić information content (AvgIpc) is 3.11. The zero-order valence-electron chi connectivity index (χ0n) is 9.82. The van der Waals surface area contributed by atoms with Gasteiger partial charge in [0.1, 0.15) is 6.33 Å². The van der Waals surface area contributed by atoms with Gasteiger partial charge < -0.3 is 14.4 Å². The van der Waals surface area contributed by atoms with E-state index in [4.69, 9.17) is 9.47 Å². The fourth-order valence-electron chi connectivity index (χ4n) is 2.64. The Kier molecular flexibility index (Phi) is 2.06. The molecule has 4 heterocycles. The molecule has 2 aliphatic rings. The van der Waals surface area contributed by atoms with Crippen molar-refractivity contribution in [3.63, 3.8) is 0 Å². The van der Waals surface area contributed by atoms with E-state index >= 15 is 0 Å². The molecule has 2 aliphatic heterocycles. The second-order valence-corrected chi connectivity index (χ2v) is 4.59. The van der Waals surface area contributed by atoms with Crippen LogP contribution in [0.4, 0.5) is 5.82 Å². The first-order valence-corrected chi connectivity index (χ1v) is 6.04. The molecule has 2 saturated heterocycles. The van der Waals surface area contributed by atoms with Crippen LogP contribution in [0.1, 0.15) is 6.42 Å². The highest BCUT2D eigenvalue weighted by Gasteiger charge is 2.44. The van der Waals surface area contributed by atoms with Crippen LogP contribution in [-0.4, -0.2) is 51.7 Å². The van der Waals surface area contributed by atoms with E-state index < -0.39 is 5.79 Å². The molecule has 2 aromatic heterocycles. The third-order valence-corrected chi connectivity index (χ3v) is 3.50. The molecule has 2 aromatic rings. The Bertz CT molecular complexity index is 578. The molecule has 0 bridgehead atoms. The number of anilines is 1. The normalized spacial score (nSPS) is 22.3. The summed E-state index contributed by atoms with van der Waals surface area (Å²) in [6.07, 6.45) is 6.14. The molecule has 94 valence electrons. The fraction of sp³-hybridized carbons (Fsp3) is 0.545. The minimum atomic E-state index is -0.436. The predicted octanol–water partition coefficient (Wildman–Crippen LogP) is 0.0775. The molecule has 0 saturated carbocycles. The lowest BCUT2D eigenvalue weighted by molar-refractivity contribution is -0.137. The summed E-state index contributed by atoms with van der Waals surface area (Å²) in [7, 11) is 0. The summed E-state index contributed by atoms with van der Waals surface area (Å²) >= 11 is 0. The van der Waals surface area contributed by atoms with Crippen molar-refractivity contribution in [3.05, 3.63) is 18.7 Å². The van der Waals surface area contributed by atoms with Crippen molar-refractivity contribution in [2.24, 2.45) is 0 Å². The van der Waals surface area contributed by atoms with Crippen LogP contribution in [0.25, 0.3) is 5.65 Å². The molecular formula is C11H13N5O2. The maximum absolute atomic E-state index is 5.71. The minimum Gasteiger partial charge on any atom is -0.348 e. The third-order valence-electron chi connectivity index (χ3n) is 3.50. The van der Waals surface area contributed by atoms with E-state index in [1.165, 1.54) is 0 Å². The van der Waals surface area contributed by atoms with E-state index in [1.807, 2.05) is 10.6 Å². The van der Waals surface area contributed by atoms with Crippen LogP contribution in [0.15, 0.2) is 18.7 Å². The Hall–Kier alpha value is -1.73. The predicted molar refractivity (Wildman–Crippen MR) is 62.2 cm³/mol. The lowest BCUT2D eigenvalue weighted by Crippen LogP contribution is -2.34. The Morgan fingerprint density at radius 1 is 1.28 bits per heavy atom. The Balaban J connectivity index is 1.70. The topological polar surface area (TPSA) is 64.8 Å². The van der Waals surface area contributed by atoms with Crippen LogP contribution in [0.2, 0.25) is 0 Å². The lowest BCUT2D eigenvalue weighted by atomic mass is 10.2. The summed E-state index contributed by atoms with van der Waals surface area (Å²) in [6.45, 7) is 2.92. The SMILES string of the molecule is c1cn2cnnc2c(N2CCC3(C2)OCCO3)n1. The van der Waals surface area contributed by atoms with Crippen LogP contribution in [0.3, 0.4) is 0 Å². The number of aromatic nitrogens is 4. The summed E-state index contributed by atoms with van der Waals surface area (Å²) in [4.78, 5) is 6.56. The van der Waals surface area contributed by atoms with Gasteiger partial charge in [0.2, 0.25) is 5.65 Å². The quantitative estimate of drug-likeness (QED) is 0.711. The smallest absolute Gasteiger partial charge is 0.203 e. The minimum absolute atomic E-state index is 0.436. The highest BCUT2D eigenvalue weighted by molar-refractivity contribution is 5.63. The van der Waals surface area contributed by atoms with Crippen LogP contribution >= 0.6 is 0 Å². The molecule has 0 aliphatic carbocycles. The van der Waals surface area contributed by atoms with Crippen molar-refractivity contribution in [2.45, 2.75) is 12.2 Å². The molecule has 18 heavy (non-hydrogen) atoms. The van der Waals surface area contributed by atoms with E-state index in [-0.39, 0.29) is 0 Å². The average molecular weight is 247 g/mol. The first-order valence-electron chi connectivity index (χ1n) is 6.04. The largest absolute Gasteiger partial charge is 0.348 e. The van der Waals surface area contributed by atoms with Crippen molar-refractivity contribution in [1.82, 2.24) is 19.6 Å². The van der Waals surface area contributed by atoms with Crippen molar-refractivity contribution >= 4 is 11.5 Å². The van der Waals surface area contributed by atoms with E-state index in [2.05, 4.69) is 20.1 Å². The number of nitrogens with zero attached hydrogens (tertiary/aromatic N) is 5. The van der Waals surface area contributed by atoms with E-state index in [9.17, 15) is 0 Å². The summed E-state index contributed by atoms with van der Waals surface area (Å²) < 4.78 is 13.3. The molecule has 1 spiro atoms. The Morgan fingerprint density at radius 2 is 2.17 bits per heavy atom. The number of ether oxygens (including phenoxy) is 2. The maximum atomic E-state index is 5.71. The van der Waals surface area contributed by atoms with Gasteiger partial charge in [-0.2, -0.15) is 0 Å². The second kappa shape index (κ2) is 3.63. The number of fused-ring (bicyclic) bond motifs is 1. The highest BCUT2D eigenvalue weighted by Crippen LogP contribution is 2.33. The van der Waals surface area contributed by atoms with Gasteiger partial charge in [-0.25, -0.2) is 4.98 Å². The molecule has 0 N–H and O–H groups in total. The second-order valence-electron chi connectivity index (χ2n) is 4.59. The molecule has 0 radical (unpaired) electrons. The summed E-state index contributed by atoms with van der Waals surface area (Å²) in [5.74, 6) is 0.403. The molecule has 0 aromatic carbocycles. The standard InChI is InChI=1S/C11H13N5O2/c1-3-15(7-11(1)17-5-6-18-11)9-10-14-13-8-16(10)4-2-12-9/h2,4,8H,1,3,5-7H2. The molecule has 2 fully saturated rings. The van der Waals surface area contributed by atoms with E-state index in [1.54, 1.807) is 12.5 Å². The number of rotatable bonds is 1.